The summed E-state index contributed by atoms with van der Waals surface area (Å²) in [7, 11) is 0. The summed E-state index contributed by atoms with van der Waals surface area (Å²) in [4.78, 5) is 5.07. The second kappa shape index (κ2) is 14.7. The molecular weight excluding hydrogens is 599 g/mol. The van der Waals surface area contributed by atoms with E-state index < -0.39 is 5.60 Å². The molecule has 4 aromatic rings. The molecule has 4 unspecified atom stereocenters. The summed E-state index contributed by atoms with van der Waals surface area (Å²) in [5.41, 5.74) is 14.6. The number of hydrogen-bond donors (Lipinski definition) is 3. The summed E-state index contributed by atoms with van der Waals surface area (Å²) in [5, 5.41) is 18.4. The van der Waals surface area contributed by atoms with Crippen LogP contribution in [-0.2, 0) is 0 Å². The molecule has 3 fully saturated rings. The molecule has 2 aliphatic heterocycles. The van der Waals surface area contributed by atoms with E-state index in [1.165, 1.54) is 32.7 Å². The fraction of sp³-hybridized carbons (Fsp3) is 0.474. The Labute approximate surface area is 281 Å². The predicted molar refractivity (Wildman–Crippen MR) is 193 cm³/mol. The number of likely N-dealkylation sites (tertiary alicyclic amines) is 2. The topological polar surface area (TPSA) is 78.8 Å². The Kier molecular flexibility index (Phi) is 11.1. The van der Waals surface area contributed by atoms with Gasteiger partial charge in [0.1, 0.15) is 0 Å². The van der Waals surface area contributed by atoms with E-state index in [2.05, 4.69) is 94.7 Å². The summed E-state index contributed by atoms with van der Waals surface area (Å²) >= 11 is 0. The summed E-state index contributed by atoms with van der Waals surface area (Å²) < 4.78 is 0. The predicted octanol–water partition coefficient (Wildman–Crippen LogP) is 6.69. The second-order valence-corrected chi connectivity index (χ2v) is 13.8. The smallest absolute Gasteiger partial charge is 0.0762 e. The van der Waals surface area contributed by atoms with Crippen molar-refractivity contribution in [3.05, 3.63) is 96.1 Å². The molecule has 1 aliphatic carbocycles. The van der Waals surface area contributed by atoms with Crippen molar-refractivity contribution in [3.63, 3.8) is 0 Å². The van der Waals surface area contributed by atoms with E-state index >= 15 is 0 Å². The lowest BCUT2D eigenvalue weighted by Crippen LogP contribution is -2.53. The first-order chi connectivity index (χ1) is 21.0. The van der Waals surface area contributed by atoms with Crippen LogP contribution in [-0.4, -0.2) is 71.9 Å². The highest BCUT2D eigenvalue weighted by Crippen LogP contribution is 2.51. The zero-order valence-corrected chi connectivity index (χ0v) is 27.9. The lowest BCUT2D eigenvalue weighted by molar-refractivity contribution is -0.0879. The van der Waals surface area contributed by atoms with Gasteiger partial charge in [0.15, 0.2) is 0 Å². The highest BCUT2D eigenvalue weighted by atomic mass is 35.5. The molecule has 45 heavy (non-hydrogen) atoms. The molecule has 0 aromatic heterocycles. The Morgan fingerprint density at radius 3 is 1.78 bits per heavy atom. The average molecular weight is 650 g/mol. The summed E-state index contributed by atoms with van der Waals surface area (Å²) in [6, 6.07) is 31.7. The Hall–Kier alpha value is -2.22. The molecule has 242 valence electrons. The summed E-state index contributed by atoms with van der Waals surface area (Å²) in [6.07, 6.45) is 6.18. The van der Waals surface area contributed by atoms with Gasteiger partial charge < -0.3 is 26.4 Å². The van der Waals surface area contributed by atoms with Crippen LogP contribution in [0.3, 0.4) is 0 Å². The van der Waals surface area contributed by atoms with Crippen molar-refractivity contribution in [2.24, 2.45) is 17.4 Å². The average Bonchev–Trinajstić information content (AvgIpc) is 3.65. The molecule has 7 heteroatoms. The van der Waals surface area contributed by atoms with Crippen LogP contribution in [0.4, 0.5) is 0 Å². The van der Waals surface area contributed by atoms with Gasteiger partial charge in [-0.1, -0.05) is 97.8 Å². The Balaban J connectivity index is 0.00000200. The van der Waals surface area contributed by atoms with Crippen LogP contribution < -0.4 is 11.5 Å². The van der Waals surface area contributed by atoms with Crippen LogP contribution >= 0.6 is 24.8 Å². The molecule has 0 bridgehead atoms. The van der Waals surface area contributed by atoms with Gasteiger partial charge in [-0.2, -0.15) is 0 Å². The first-order valence-corrected chi connectivity index (χ1v) is 16.6. The van der Waals surface area contributed by atoms with E-state index in [0.717, 1.165) is 77.8 Å². The maximum absolute atomic E-state index is 13.3. The number of aliphatic hydroxyl groups is 1. The molecule has 4 aromatic carbocycles. The fourth-order valence-corrected chi connectivity index (χ4v) is 8.66. The van der Waals surface area contributed by atoms with Gasteiger partial charge in [0.25, 0.3) is 0 Å². The fourth-order valence-electron chi connectivity index (χ4n) is 8.66. The number of hydrogen-bond acceptors (Lipinski definition) is 5. The first-order valence-electron chi connectivity index (χ1n) is 16.6. The van der Waals surface area contributed by atoms with E-state index in [9.17, 15) is 5.11 Å². The third-order valence-electron chi connectivity index (χ3n) is 11.0. The van der Waals surface area contributed by atoms with Gasteiger partial charge >= 0.3 is 0 Å². The van der Waals surface area contributed by atoms with E-state index in [0.29, 0.717) is 0 Å². The summed E-state index contributed by atoms with van der Waals surface area (Å²) in [5.74, 6) is 0.382. The molecule has 6 atom stereocenters. The molecule has 2 saturated heterocycles. The maximum Gasteiger partial charge on any atom is 0.0762 e. The first kappa shape index (κ1) is 34.1. The lowest BCUT2D eigenvalue weighted by Gasteiger charge is -2.50. The number of benzene rings is 4. The van der Waals surface area contributed by atoms with Crippen molar-refractivity contribution in [1.29, 1.82) is 0 Å². The van der Waals surface area contributed by atoms with Crippen molar-refractivity contribution >= 4 is 46.4 Å². The zero-order chi connectivity index (χ0) is 29.4. The molecule has 5 nitrogen and oxygen atoms in total. The Morgan fingerprint density at radius 1 is 0.667 bits per heavy atom. The van der Waals surface area contributed by atoms with Gasteiger partial charge in [-0.25, -0.2) is 0 Å². The van der Waals surface area contributed by atoms with Crippen molar-refractivity contribution in [3.8, 4) is 0 Å². The molecule has 5 N–H and O–H groups in total. The molecule has 7 rings (SSSR count). The van der Waals surface area contributed by atoms with Gasteiger partial charge in [-0.3, -0.25) is 0 Å². The second-order valence-electron chi connectivity index (χ2n) is 13.8. The Bertz CT molecular complexity index is 1570. The van der Waals surface area contributed by atoms with Gasteiger partial charge in [0.2, 0.25) is 0 Å². The van der Waals surface area contributed by atoms with E-state index in [1.54, 1.807) is 0 Å². The highest BCUT2D eigenvalue weighted by molar-refractivity contribution is 5.86. The van der Waals surface area contributed by atoms with Gasteiger partial charge in [-0.05, 0) is 77.4 Å². The largest absolute Gasteiger partial charge is 0.389 e. The molecule has 0 spiro atoms. The molecular formula is C38H50Cl2N4O. The lowest BCUT2D eigenvalue weighted by atomic mass is 9.61. The molecule has 0 radical (unpaired) electrons. The van der Waals surface area contributed by atoms with Crippen LogP contribution in [0.5, 0.6) is 0 Å². The number of fused-ring (bicyclic) bond motifs is 2. The highest BCUT2D eigenvalue weighted by Gasteiger charge is 2.50. The monoisotopic (exact) mass is 648 g/mol. The standard InChI is InChI=1S/C38H48N4O.2ClH/c39-33-16-19-41(23-33)25-35(31-14-12-27-7-1-3-9-29(27)21-31)36-11-5-6-18-38(36,43)37(26-42-20-17-34(40)24-42)32-15-13-28-8-2-4-10-30(28)22-32;;/h1-4,7-10,12-15,21-22,33-37,43H,5-6,11,16-20,23-26,39-40H2;2*1H/t33-,34-,35?,36?,37?,38?;;/m1../s1. The Morgan fingerprint density at radius 2 is 1.20 bits per heavy atom. The van der Waals surface area contributed by atoms with Gasteiger partial charge in [0.05, 0.1) is 5.60 Å². The number of rotatable bonds is 8. The van der Waals surface area contributed by atoms with Crippen LogP contribution in [0.1, 0.15) is 61.5 Å². The van der Waals surface area contributed by atoms with Crippen LogP contribution in [0.15, 0.2) is 84.9 Å². The number of nitrogens with two attached hydrogens (primary N) is 2. The SMILES string of the molecule is Cl.Cl.N[C@@H]1CCN(CC(c2ccc3ccccc3c2)C2CCCCC2(O)C(CN2CC[C@@H](N)C2)c2ccc3ccccc3c2)C1. The van der Waals surface area contributed by atoms with Crippen molar-refractivity contribution in [2.75, 3.05) is 39.3 Å². The quantitative estimate of drug-likeness (QED) is 0.198. The van der Waals surface area contributed by atoms with Crippen molar-refractivity contribution in [1.82, 2.24) is 9.80 Å². The molecule has 0 amide bonds. The zero-order valence-electron chi connectivity index (χ0n) is 26.3. The number of nitrogens with zero attached hydrogens (tertiary/aromatic N) is 2. The van der Waals surface area contributed by atoms with Crippen molar-refractivity contribution < 1.29 is 5.11 Å². The van der Waals surface area contributed by atoms with E-state index in [4.69, 9.17) is 11.5 Å². The third-order valence-corrected chi connectivity index (χ3v) is 11.0. The molecule has 3 aliphatic rings. The van der Waals surface area contributed by atoms with Crippen LogP contribution in [0.2, 0.25) is 0 Å². The number of halogens is 2. The van der Waals surface area contributed by atoms with Crippen LogP contribution in [0.25, 0.3) is 21.5 Å². The minimum Gasteiger partial charge on any atom is -0.389 e. The van der Waals surface area contributed by atoms with Gasteiger partial charge in [-0.15, -0.1) is 24.8 Å². The molecule has 2 heterocycles. The van der Waals surface area contributed by atoms with E-state index in [-0.39, 0.29) is 54.7 Å². The van der Waals surface area contributed by atoms with E-state index in [1.807, 2.05) is 0 Å². The van der Waals surface area contributed by atoms with Crippen LogP contribution in [0, 0.1) is 5.92 Å². The summed E-state index contributed by atoms with van der Waals surface area (Å²) in [6.45, 7) is 5.68. The minimum atomic E-state index is -0.828. The van der Waals surface area contributed by atoms with Gasteiger partial charge in [0, 0.05) is 50.1 Å². The van der Waals surface area contributed by atoms with Crippen molar-refractivity contribution in [2.45, 2.75) is 68.0 Å². The minimum absolute atomic E-state index is 0. The molecule has 1 saturated carbocycles. The normalized spacial score (nSPS) is 27.2. The maximum atomic E-state index is 13.3. The third kappa shape index (κ3) is 7.21.